The van der Waals surface area contributed by atoms with E-state index in [1.165, 1.54) is 0 Å². The fourth-order valence-electron chi connectivity index (χ4n) is 1.42. The molecule has 1 aromatic carbocycles. The van der Waals surface area contributed by atoms with Gasteiger partial charge in [0.15, 0.2) is 0 Å². The third-order valence-corrected chi connectivity index (χ3v) is 3.38. The predicted octanol–water partition coefficient (Wildman–Crippen LogP) is 4.49. The van der Waals surface area contributed by atoms with Gasteiger partial charge < -0.3 is 5.32 Å². The fourth-order valence-corrected chi connectivity index (χ4v) is 1.96. The van der Waals surface area contributed by atoms with E-state index in [1.807, 2.05) is 19.1 Å². The zero-order valence-corrected chi connectivity index (χ0v) is 11.5. The maximum atomic E-state index is 6.06. The van der Waals surface area contributed by atoms with Crippen LogP contribution in [-0.4, -0.2) is 11.9 Å². The van der Waals surface area contributed by atoms with Crippen molar-refractivity contribution in [1.82, 2.24) is 5.32 Å². The van der Waals surface area contributed by atoms with Crippen LogP contribution in [-0.2, 0) is 6.54 Å². The summed E-state index contributed by atoms with van der Waals surface area (Å²) in [6, 6.07) is 5.68. The molecule has 0 fully saturated rings. The van der Waals surface area contributed by atoms with Crippen molar-refractivity contribution in [2.75, 3.05) is 6.54 Å². The quantitative estimate of drug-likeness (QED) is 0.598. The van der Waals surface area contributed by atoms with Gasteiger partial charge >= 0.3 is 0 Å². The molecule has 1 rings (SSSR count). The Morgan fingerprint density at radius 3 is 2.75 bits per heavy atom. The first kappa shape index (κ1) is 14.1. The van der Waals surface area contributed by atoms with E-state index < -0.39 is 0 Å². The molecule has 0 spiro atoms. The molecule has 0 bridgehead atoms. The summed E-state index contributed by atoms with van der Waals surface area (Å²) in [5.74, 6) is 0. The molecule has 90 valence electrons. The first-order valence-corrected chi connectivity index (χ1v) is 6.58. The molecular formula is C12H16Cl3N. The molecule has 16 heavy (non-hydrogen) atoms. The second-order valence-corrected chi connectivity index (χ2v) is 5.34. The molecule has 0 aromatic heterocycles. The molecule has 0 heterocycles. The molecule has 0 saturated carbocycles. The van der Waals surface area contributed by atoms with Gasteiger partial charge in [0.2, 0.25) is 0 Å². The number of alkyl halides is 1. The maximum absolute atomic E-state index is 6.06. The molecule has 1 atom stereocenters. The Kier molecular flexibility index (Phi) is 6.52. The molecule has 0 aliphatic heterocycles. The molecule has 1 aromatic rings. The van der Waals surface area contributed by atoms with E-state index >= 15 is 0 Å². The Labute approximate surface area is 112 Å². The Morgan fingerprint density at radius 1 is 1.31 bits per heavy atom. The van der Waals surface area contributed by atoms with Gasteiger partial charge in [-0.2, -0.15) is 0 Å². The predicted molar refractivity (Wildman–Crippen MR) is 72.7 cm³/mol. The average molecular weight is 281 g/mol. The van der Waals surface area contributed by atoms with Crippen molar-refractivity contribution >= 4 is 34.8 Å². The van der Waals surface area contributed by atoms with Gasteiger partial charge in [-0.25, -0.2) is 0 Å². The Balaban J connectivity index is 2.29. The second kappa shape index (κ2) is 7.39. The van der Waals surface area contributed by atoms with Gasteiger partial charge in [0.25, 0.3) is 0 Å². The standard InChI is InChI=1S/C12H16Cl3N/c1-9(13)4-3-7-16-8-10-5-2-6-11(14)12(10)15/h2,5-6,9,16H,3-4,7-8H2,1H3. The van der Waals surface area contributed by atoms with E-state index in [0.717, 1.165) is 31.5 Å². The Morgan fingerprint density at radius 2 is 2.06 bits per heavy atom. The number of hydrogen-bond donors (Lipinski definition) is 1. The largest absolute Gasteiger partial charge is 0.313 e. The van der Waals surface area contributed by atoms with Crippen molar-refractivity contribution in [3.05, 3.63) is 33.8 Å². The lowest BCUT2D eigenvalue weighted by Gasteiger charge is -2.08. The molecular weight excluding hydrogens is 264 g/mol. The van der Waals surface area contributed by atoms with Gasteiger partial charge in [0.05, 0.1) is 10.0 Å². The third kappa shape index (κ3) is 4.92. The number of rotatable bonds is 6. The smallest absolute Gasteiger partial charge is 0.0637 e. The lowest BCUT2D eigenvalue weighted by atomic mass is 10.2. The van der Waals surface area contributed by atoms with Gasteiger partial charge in [0, 0.05) is 11.9 Å². The SMILES string of the molecule is CC(Cl)CCCNCc1cccc(Cl)c1Cl. The topological polar surface area (TPSA) is 12.0 Å². The number of halogens is 3. The summed E-state index contributed by atoms with van der Waals surface area (Å²) in [5, 5.41) is 4.82. The van der Waals surface area contributed by atoms with Gasteiger partial charge in [-0.1, -0.05) is 35.3 Å². The monoisotopic (exact) mass is 279 g/mol. The number of hydrogen-bond acceptors (Lipinski definition) is 1. The Bertz CT molecular complexity index is 326. The van der Waals surface area contributed by atoms with Crippen LogP contribution >= 0.6 is 34.8 Å². The molecule has 1 nitrogen and oxygen atoms in total. The molecule has 1 N–H and O–H groups in total. The van der Waals surface area contributed by atoms with E-state index in [1.54, 1.807) is 6.07 Å². The zero-order valence-electron chi connectivity index (χ0n) is 9.27. The van der Waals surface area contributed by atoms with E-state index in [9.17, 15) is 0 Å². The highest BCUT2D eigenvalue weighted by molar-refractivity contribution is 6.42. The normalized spacial score (nSPS) is 12.8. The van der Waals surface area contributed by atoms with E-state index in [0.29, 0.717) is 10.0 Å². The molecule has 0 saturated heterocycles. The van der Waals surface area contributed by atoms with Crippen LogP contribution in [0.15, 0.2) is 18.2 Å². The van der Waals surface area contributed by atoms with Gasteiger partial charge in [0.1, 0.15) is 0 Å². The van der Waals surface area contributed by atoms with Crippen molar-refractivity contribution in [3.63, 3.8) is 0 Å². The van der Waals surface area contributed by atoms with Crippen LogP contribution < -0.4 is 5.32 Å². The first-order valence-electron chi connectivity index (χ1n) is 5.39. The van der Waals surface area contributed by atoms with E-state index in [-0.39, 0.29) is 5.38 Å². The van der Waals surface area contributed by atoms with E-state index in [4.69, 9.17) is 34.8 Å². The van der Waals surface area contributed by atoms with Crippen LogP contribution in [0.3, 0.4) is 0 Å². The minimum Gasteiger partial charge on any atom is -0.313 e. The van der Waals surface area contributed by atoms with Crippen LogP contribution in [0.25, 0.3) is 0 Å². The van der Waals surface area contributed by atoms with Crippen LogP contribution in [0.5, 0.6) is 0 Å². The molecule has 0 aliphatic carbocycles. The lowest BCUT2D eigenvalue weighted by molar-refractivity contribution is 0.619. The third-order valence-electron chi connectivity index (χ3n) is 2.30. The van der Waals surface area contributed by atoms with Crippen LogP contribution in [0.2, 0.25) is 10.0 Å². The minimum absolute atomic E-state index is 0.247. The summed E-state index contributed by atoms with van der Waals surface area (Å²) in [6.07, 6.45) is 2.10. The Hall–Kier alpha value is 0.0500. The minimum atomic E-state index is 0.247. The first-order chi connectivity index (χ1) is 7.61. The summed E-state index contributed by atoms with van der Waals surface area (Å²) in [7, 11) is 0. The van der Waals surface area contributed by atoms with Crippen LogP contribution in [0, 0.1) is 0 Å². The van der Waals surface area contributed by atoms with Gasteiger partial charge in [-0.3, -0.25) is 0 Å². The summed E-state index contributed by atoms with van der Waals surface area (Å²) < 4.78 is 0. The molecule has 0 radical (unpaired) electrons. The highest BCUT2D eigenvalue weighted by Gasteiger charge is 2.03. The van der Waals surface area contributed by atoms with Gasteiger partial charge in [-0.05, 0) is 37.9 Å². The zero-order chi connectivity index (χ0) is 12.0. The molecule has 0 aliphatic rings. The summed E-state index contributed by atoms with van der Waals surface area (Å²) in [4.78, 5) is 0. The van der Waals surface area contributed by atoms with Crippen LogP contribution in [0.4, 0.5) is 0 Å². The highest BCUT2D eigenvalue weighted by Crippen LogP contribution is 2.25. The summed E-state index contributed by atoms with van der Waals surface area (Å²) in [6.45, 7) is 3.70. The van der Waals surface area contributed by atoms with Crippen LogP contribution in [0.1, 0.15) is 25.3 Å². The summed E-state index contributed by atoms with van der Waals surface area (Å²) >= 11 is 17.8. The van der Waals surface area contributed by atoms with Crippen molar-refractivity contribution in [2.24, 2.45) is 0 Å². The van der Waals surface area contributed by atoms with Crippen molar-refractivity contribution in [1.29, 1.82) is 0 Å². The maximum Gasteiger partial charge on any atom is 0.0637 e. The van der Waals surface area contributed by atoms with Gasteiger partial charge in [-0.15, -0.1) is 11.6 Å². The lowest BCUT2D eigenvalue weighted by Crippen LogP contribution is -2.15. The van der Waals surface area contributed by atoms with Crippen molar-refractivity contribution in [3.8, 4) is 0 Å². The van der Waals surface area contributed by atoms with Crippen molar-refractivity contribution in [2.45, 2.75) is 31.7 Å². The fraction of sp³-hybridized carbons (Fsp3) is 0.500. The number of nitrogens with one attached hydrogen (secondary N) is 1. The molecule has 4 heteroatoms. The van der Waals surface area contributed by atoms with Crippen molar-refractivity contribution < 1.29 is 0 Å². The summed E-state index contributed by atoms with van der Waals surface area (Å²) in [5.41, 5.74) is 1.04. The number of benzene rings is 1. The molecule has 0 amide bonds. The molecule has 1 unspecified atom stereocenters. The average Bonchev–Trinajstić information content (AvgIpc) is 2.23. The second-order valence-electron chi connectivity index (χ2n) is 3.81. The highest BCUT2D eigenvalue weighted by atomic mass is 35.5. The van der Waals surface area contributed by atoms with E-state index in [2.05, 4.69) is 5.32 Å².